The molecule has 1 saturated heterocycles. The second-order valence-electron chi connectivity index (χ2n) is 7.67. The van der Waals surface area contributed by atoms with Crippen molar-refractivity contribution >= 4 is 17.8 Å². The van der Waals surface area contributed by atoms with Crippen molar-refractivity contribution in [3.05, 3.63) is 35.9 Å². The Hall–Kier alpha value is -2.37. The first-order valence-corrected chi connectivity index (χ1v) is 10.8. The Morgan fingerprint density at radius 2 is 1.66 bits per heavy atom. The minimum Gasteiger partial charge on any atom is -0.469 e. The van der Waals surface area contributed by atoms with Gasteiger partial charge in [0.1, 0.15) is 0 Å². The highest BCUT2D eigenvalue weighted by atomic mass is 16.5. The Morgan fingerprint density at radius 1 is 1.03 bits per heavy atom. The minimum absolute atomic E-state index is 0.0860. The van der Waals surface area contributed by atoms with Gasteiger partial charge in [0, 0.05) is 18.5 Å². The van der Waals surface area contributed by atoms with E-state index in [0.29, 0.717) is 12.1 Å². The normalized spacial score (nSPS) is 16.1. The van der Waals surface area contributed by atoms with E-state index in [4.69, 9.17) is 4.74 Å². The predicted molar refractivity (Wildman–Crippen MR) is 112 cm³/mol. The fourth-order valence-corrected chi connectivity index (χ4v) is 3.71. The molecule has 2 rings (SSSR count). The van der Waals surface area contributed by atoms with Crippen LogP contribution >= 0.6 is 0 Å². The van der Waals surface area contributed by atoms with E-state index in [2.05, 4.69) is 6.92 Å². The standard InChI is InChI=1S/C23H34N2O4/c1-3-4-5-6-7-8-9-13-16-24(22(27)19-14-11-10-12-15-19)25-18-20(17-21(25)26)23(28)29-2/h10-12,14-15,20H,3-9,13,16-18H2,1-2H3. The Labute approximate surface area is 174 Å². The van der Waals surface area contributed by atoms with E-state index in [0.717, 1.165) is 19.3 Å². The molecule has 1 aromatic rings. The van der Waals surface area contributed by atoms with Crippen LogP contribution in [0.4, 0.5) is 0 Å². The monoisotopic (exact) mass is 402 g/mol. The van der Waals surface area contributed by atoms with Crippen LogP contribution in [0.25, 0.3) is 0 Å². The summed E-state index contributed by atoms with van der Waals surface area (Å²) in [4.78, 5) is 37.5. The fraction of sp³-hybridized carbons (Fsp3) is 0.609. The van der Waals surface area contributed by atoms with Gasteiger partial charge in [-0.2, -0.15) is 0 Å². The summed E-state index contributed by atoms with van der Waals surface area (Å²) in [6.07, 6.45) is 9.35. The zero-order valence-corrected chi connectivity index (χ0v) is 17.8. The number of hydrogen-bond acceptors (Lipinski definition) is 4. The molecule has 1 unspecified atom stereocenters. The molecule has 1 aliphatic heterocycles. The Bertz CT molecular complexity index is 662. The van der Waals surface area contributed by atoms with Gasteiger partial charge in [-0.3, -0.25) is 19.4 Å². The second-order valence-corrected chi connectivity index (χ2v) is 7.67. The SMILES string of the molecule is CCCCCCCCCCN(C(=O)c1ccccc1)N1CC(C(=O)OC)CC1=O. The summed E-state index contributed by atoms with van der Waals surface area (Å²) < 4.78 is 4.79. The number of rotatable bonds is 12. The quantitative estimate of drug-likeness (QED) is 0.388. The van der Waals surface area contributed by atoms with Crippen molar-refractivity contribution in [3.8, 4) is 0 Å². The number of nitrogens with zero attached hydrogens (tertiary/aromatic N) is 2. The first-order chi connectivity index (χ1) is 14.1. The van der Waals surface area contributed by atoms with Gasteiger partial charge in [0.2, 0.25) is 5.91 Å². The highest BCUT2D eigenvalue weighted by molar-refractivity contribution is 5.96. The minimum atomic E-state index is -0.517. The van der Waals surface area contributed by atoms with Crippen LogP contribution in [0.1, 0.15) is 75.1 Å². The number of amides is 2. The summed E-state index contributed by atoms with van der Waals surface area (Å²) in [5.41, 5.74) is 0.543. The van der Waals surface area contributed by atoms with Crippen LogP contribution in [-0.2, 0) is 14.3 Å². The van der Waals surface area contributed by atoms with Gasteiger partial charge in [-0.15, -0.1) is 0 Å². The number of hydrogen-bond donors (Lipinski definition) is 0. The van der Waals surface area contributed by atoms with E-state index in [1.165, 1.54) is 49.2 Å². The molecule has 0 N–H and O–H groups in total. The number of hydrazine groups is 1. The van der Waals surface area contributed by atoms with Gasteiger partial charge in [0.15, 0.2) is 0 Å². The zero-order chi connectivity index (χ0) is 21.1. The Kier molecular flexibility index (Phi) is 9.68. The van der Waals surface area contributed by atoms with Gasteiger partial charge < -0.3 is 4.74 Å². The van der Waals surface area contributed by atoms with Crippen molar-refractivity contribution < 1.29 is 19.1 Å². The first kappa shape index (κ1) is 22.9. The molecular weight excluding hydrogens is 368 g/mol. The third-order valence-corrected chi connectivity index (χ3v) is 5.41. The van der Waals surface area contributed by atoms with Gasteiger partial charge in [-0.1, -0.05) is 70.1 Å². The van der Waals surface area contributed by atoms with Crippen LogP contribution in [0.5, 0.6) is 0 Å². The maximum absolute atomic E-state index is 13.1. The van der Waals surface area contributed by atoms with Crippen LogP contribution in [0.3, 0.4) is 0 Å². The van der Waals surface area contributed by atoms with E-state index in [-0.39, 0.29) is 24.8 Å². The molecule has 0 saturated carbocycles. The average molecular weight is 403 g/mol. The molecule has 6 heteroatoms. The largest absolute Gasteiger partial charge is 0.469 e. The van der Waals surface area contributed by atoms with E-state index in [1.54, 1.807) is 12.1 Å². The highest BCUT2D eigenvalue weighted by Gasteiger charge is 2.39. The summed E-state index contributed by atoms with van der Waals surface area (Å²) in [7, 11) is 1.32. The lowest BCUT2D eigenvalue weighted by Crippen LogP contribution is -2.48. The van der Waals surface area contributed by atoms with Gasteiger partial charge >= 0.3 is 5.97 Å². The molecule has 1 fully saturated rings. The van der Waals surface area contributed by atoms with Crippen LogP contribution in [-0.4, -0.2) is 48.0 Å². The summed E-state index contributed by atoms with van der Waals surface area (Å²) in [5, 5.41) is 2.97. The third-order valence-electron chi connectivity index (χ3n) is 5.41. The van der Waals surface area contributed by atoms with E-state index < -0.39 is 11.9 Å². The molecule has 1 atom stereocenters. The van der Waals surface area contributed by atoms with Crippen molar-refractivity contribution in [2.24, 2.45) is 5.92 Å². The molecular formula is C23H34N2O4. The van der Waals surface area contributed by atoms with Crippen molar-refractivity contribution in [2.75, 3.05) is 20.2 Å². The molecule has 1 aromatic carbocycles. The number of ether oxygens (including phenoxy) is 1. The van der Waals surface area contributed by atoms with Crippen LogP contribution in [0.2, 0.25) is 0 Å². The lowest BCUT2D eigenvalue weighted by Gasteiger charge is -2.32. The Balaban J connectivity index is 1.96. The molecule has 160 valence electrons. The van der Waals surface area contributed by atoms with Crippen molar-refractivity contribution in [1.82, 2.24) is 10.0 Å². The number of benzene rings is 1. The van der Waals surface area contributed by atoms with E-state index in [9.17, 15) is 14.4 Å². The molecule has 1 aliphatic rings. The molecule has 0 radical (unpaired) electrons. The molecule has 0 bridgehead atoms. The third kappa shape index (κ3) is 6.87. The van der Waals surface area contributed by atoms with Crippen LogP contribution in [0.15, 0.2) is 30.3 Å². The van der Waals surface area contributed by atoms with Crippen molar-refractivity contribution in [2.45, 2.75) is 64.7 Å². The highest BCUT2D eigenvalue weighted by Crippen LogP contribution is 2.23. The first-order valence-electron chi connectivity index (χ1n) is 10.8. The summed E-state index contributed by atoms with van der Waals surface area (Å²) in [5.74, 6) is -1.33. The number of esters is 1. The molecule has 0 aromatic heterocycles. The summed E-state index contributed by atoms with van der Waals surface area (Å²) >= 11 is 0. The van der Waals surface area contributed by atoms with Crippen LogP contribution in [0, 0.1) is 5.92 Å². The number of unbranched alkanes of at least 4 members (excludes halogenated alkanes) is 7. The zero-order valence-electron chi connectivity index (χ0n) is 17.8. The predicted octanol–water partition coefficient (Wildman–Crippen LogP) is 4.21. The maximum Gasteiger partial charge on any atom is 0.311 e. The van der Waals surface area contributed by atoms with E-state index >= 15 is 0 Å². The molecule has 6 nitrogen and oxygen atoms in total. The van der Waals surface area contributed by atoms with Gasteiger partial charge in [-0.05, 0) is 18.6 Å². The smallest absolute Gasteiger partial charge is 0.311 e. The molecule has 29 heavy (non-hydrogen) atoms. The van der Waals surface area contributed by atoms with Gasteiger partial charge in [0.05, 0.1) is 19.6 Å². The molecule has 2 amide bonds. The number of methoxy groups -OCH3 is 1. The van der Waals surface area contributed by atoms with Gasteiger partial charge in [-0.25, -0.2) is 5.01 Å². The number of carbonyl (C=O) groups is 3. The molecule has 0 aliphatic carbocycles. The summed E-state index contributed by atoms with van der Waals surface area (Å²) in [6, 6.07) is 8.98. The van der Waals surface area contributed by atoms with Crippen LogP contribution < -0.4 is 0 Å². The van der Waals surface area contributed by atoms with Crippen molar-refractivity contribution in [1.29, 1.82) is 0 Å². The lowest BCUT2D eigenvalue weighted by molar-refractivity contribution is -0.145. The Morgan fingerprint density at radius 3 is 2.28 bits per heavy atom. The number of carbonyl (C=O) groups excluding carboxylic acids is 3. The topological polar surface area (TPSA) is 66.9 Å². The van der Waals surface area contributed by atoms with E-state index in [1.807, 2.05) is 18.2 Å². The fourth-order valence-electron chi connectivity index (χ4n) is 3.71. The second kappa shape index (κ2) is 12.2. The lowest BCUT2D eigenvalue weighted by atomic mass is 10.1. The molecule has 1 heterocycles. The van der Waals surface area contributed by atoms with Crippen molar-refractivity contribution in [3.63, 3.8) is 0 Å². The maximum atomic E-state index is 13.1. The van der Waals surface area contributed by atoms with Gasteiger partial charge in [0.25, 0.3) is 5.91 Å². The molecule has 0 spiro atoms. The average Bonchev–Trinajstić information content (AvgIpc) is 3.13. The summed E-state index contributed by atoms with van der Waals surface area (Å²) in [6.45, 7) is 2.88.